The molecule has 0 aliphatic heterocycles. The summed E-state index contributed by atoms with van der Waals surface area (Å²) in [5, 5.41) is 11.4. The third-order valence-corrected chi connectivity index (χ3v) is 2.82. The molecule has 0 unspecified atom stereocenters. The zero-order chi connectivity index (χ0) is 13.8. The molecule has 1 aromatic carbocycles. The number of pyridine rings is 1. The van der Waals surface area contributed by atoms with Crippen molar-refractivity contribution in [2.45, 2.75) is 0 Å². The van der Waals surface area contributed by atoms with Gasteiger partial charge in [0.2, 0.25) is 0 Å². The topological polar surface area (TPSA) is 79.3 Å². The summed E-state index contributed by atoms with van der Waals surface area (Å²) < 4.78 is 0.787. The maximum absolute atomic E-state index is 11.8. The Bertz CT molecular complexity index is 609. The van der Waals surface area contributed by atoms with Crippen LogP contribution in [-0.4, -0.2) is 22.0 Å². The normalized spacial score (nSPS) is 9.95. The first kappa shape index (κ1) is 13.2. The molecule has 2 N–H and O–H groups in total. The van der Waals surface area contributed by atoms with Gasteiger partial charge in [-0.05, 0) is 52.3 Å². The lowest BCUT2D eigenvalue weighted by atomic mass is 10.2. The molecule has 1 amide bonds. The van der Waals surface area contributed by atoms with Gasteiger partial charge in [-0.3, -0.25) is 4.79 Å². The molecule has 0 aliphatic carbocycles. The summed E-state index contributed by atoms with van der Waals surface area (Å²) in [6.07, 6.45) is 1.53. The van der Waals surface area contributed by atoms with Gasteiger partial charge in [-0.15, -0.1) is 0 Å². The monoisotopic (exact) mass is 320 g/mol. The number of carboxylic acids is 1. The number of hydrogen-bond acceptors (Lipinski definition) is 3. The minimum atomic E-state index is -1.01. The van der Waals surface area contributed by atoms with E-state index in [0.29, 0.717) is 5.69 Å². The second kappa shape index (κ2) is 5.62. The molecule has 0 spiro atoms. The molecule has 0 saturated carbocycles. The third-order valence-electron chi connectivity index (χ3n) is 2.35. The highest BCUT2D eigenvalue weighted by Crippen LogP contribution is 2.12. The first-order chi connectivity index (χ1) is 9.06. The van der Waals surface area contributed by atoms with Crippen LogP contribution < -0.4 is 5.32 Å². The van der Waals surface area contributed by atoms with Crippen molar-refractivity contribution in [2.75, 3.05) is 5.32 Å². The van der Waals surface area contributed by atoms with Gasteiger partial charge in [0.25, 0.3) is 5.91 Å². The van der Waals surface area contributed by atoms with Crippen LogP contribution in [0.4, 0.5) is 5.69 Å². The Balaban J connectivity index is 2.10. The number of aromatic carboxylic acids is 1. The molecule has 5 nitrogen and oxygen atoms in total. The number of carbonyl (C=O) groups is 2. The molecule has 0 fully saturated rings. The number of anilines is 1. The zero-order valence-electron chi connectivity index (χ0n) is 9.63. The van der Waals surface area contributed by atoms with E-state index < -0.39 is 5.97 Å². The summed E-state index contributed by atoms with van der Waals surface area (Å²) in [4.78, 5) is 26.5. The highest BCUT2D eigenvalue weighted by molar-refractivity contribution is 9.10. The van der Waals surface area contributed by atoms with Crippen LogP contribution in [0.2, 0.25) is 0 Å². The average Bonchev–Trinajstić information content (AvgIpc) is 2.40. The van der Waals surface area contributed by atoms with Crippen LogP contribution in [0.25, 0.3) is 0 Å². The fraction of sp³-hybridized carbons (Fsp3) is 0. The van der Waals surface area contributed by atoms with Crippen LogP contribution >= 0.6 is 15.9 Å². The Hall–Kier alpha value is -2.21. The van der Waals surface area contributed by atoms with Crippen molar-refractivity contribution in [3.05, 3.63) is 58.3 Å². The molecule has 1 aromatic heterocycles. The first-order valence-corrected chi connectivity index (χ1v) is 6.12. The predicted molar refractivity (Wildman–Crippen MR) is 73.3 cm³/mol. The summed E-state index contributed by atoms with van der Waals surface area (Å²) in [5.41, 5.74) is 0.963. The molecular formula is C13H9BrN2O3. The SMILES string of the molecule is O=C(O)c1ccc(NC(=O)c2ccc(Br)cn2)cc1. The number of aromatic nitrogens is 1. The number of nitrogens with zero attached hydrogens (tertiary/aromatic N) is 1. The van der Waals surface area contributed by atoms with Crippen molar-refractivity contribution in [3.8, 4) is 0 Å². The largest absolute Gasteiger partial charge is 0.478 e. The highest BCUT2D eigenvalue weighted by Gasteiger charge is 2.08. The lowest BCUT2D eigenvalue weighted by Gasteiger charge is -2.05. The second-order valence-electron chi connectivity index (χ2n) is 3.70. The van der Waals surface area contributed by atoms with Crippen molar-refractivity contribution < 1.29 is 14.7 Å². The molecule has 0 radical (unpaired) electrons. The van der Waals surface area contributed by atoms with E-state index >= 15 is 0 Å². The van der Waals surface area contributed by atoms with Crippen LogP contribution in [0.15, 0.2) is 47.1 Å². The van der Waals surface area contributed by atoms with Crippen LogP contribution in [-0.2, 0) is 0 Å². The fourth-order valence-corrected chi connectivity index (χ4v) is 1.64. The first-order valence-electron chi connectivity index (χ1n) is 5.32. The molecule has 19 heavy (non-hydrogen) atoms. The molecular weight excluding hydrogens is 312 g/mol. The third kappa shape index (κ3) is 3.38. The fourth-order valence-electron chi connectivity index (χ4n) is 1.40. The molecule has 0 saturated heterocycles. The highest BCUT2D eigenvalue weighted by atomic mass is 79.9. The molecule has 1 heterocycles. The predicted octanol–water partition coefficient (Wildman–Crippen LogP) is 2.79. The molecule has 0 aliphatic rings. The summed E-state index contributed by atoms with van der Waals surface area (Å²) >= 11 is 3.23. The van der Waals surface area contributed by atoms with E-state index in [-0.39, 0.29) is 17.2 Å². The Morgan fingerprint density at radius 2 is 1.79 bits per heavy atom. The molecule has 0 atom stereocenters. The summed E-state index contributed by atoms with van der Waals surface area (Å²) in [5.74, 6) is -1.36. The van der Waals surface area contributed by atoms with E-state index in [1.54, 1.807) is 12.1 Å². The Kier molecular flexibility index (Phi) is 3.91. The lowest BCUT2D eigenvalue weighted by Crippen LogP contribution is -2.13. The number of halogens is 1. The summed E-state index contributed by atoms with van der Waals surface area (Å²) in [6, 6.07) is 9.21. The Morgan fingerprint density at radius 1 is 1.11 bits per heavy atom. The van der Waals surface area contributed by atoms with E-state index in [4.69, 9.17) is 5.11 Å². The van der Waals surface area contributed by atoms with Crippen LogP contribution in [0, 0.1) is 0 Å². The number of rotatable bonds is 3. The molecule has 6 heteroatoms. The van der Waals surface area contributed by atoms with Gasteiger partial charge in [-0.1, -0.05) is 0 Å². The van der Waals surface area contributed by atoms with Crippen molar-refractivity contribution >= 4 is 33.5 Å². The van der Waals surface area contributed by atoms with Gasteiger partial charge in [0, 0.05) is 16.4 Å². The quantitative estimate of drug-likeness (QED) is 0.911. The van der Waals surface area contributed by atoms with E-state index in [1.807, 2.05) is 0 Å². The van der Waals surface area contributed by atoms with E-state index in [2.05, 4.69) is 26.2 Å². The number of nitrogens with one attached hydrogen (secondary N) is 1. The number of hydrogen-bond donors (Lipinski definition) is 2. The standard InChI is InChI=1S/C13H9BrN2O3/c14-9-3-6-11(15-7-9)12(17)16-10-4-1-8(2-5-10)13(18)19/h1-7H,(H,16,17)(H,18,19). The number of amides is 1. The van der Waals surface area contributed by atoms with Crippen molar-refractivity contribution in [1.82, 2.24) is 4.98 Å². The maximum atomic E-state index is 11.8. The minimum absolute atomic E-state index is 0.166. The number of carboxylic acid groups (broad SMARTS) is 1. The molecule has 96 valence electrons. The molecule has 2 aromatic rings. The van der Waals surface area contributed by atoms with Crippen molar-refractivity contribution in [1.29, 1.82) is 0 Å². The Morgan fingerprint density at radius 3 is 2.32 bits per heavy atom. The van der Waals surface area contributed by atoms with Crippen LogP contribution in [0.5, 0.6) is 0 Å². The number of benzene rings is 1. The van der Waals surface area contributed by atoms with Crippen molar-refractivity contribution in [2.24, 2.45) is 0 Å². The Labute approximate surface area is 117 Å². The summed E-state index contributed by atoms with van der Waals surface area (Å²) in [7, 11) is 0. The van der Waals surface area contributed by atoms with E-state index in [0.717, 1.165) is 4.47 Å². The molecule has 2 rings (SSSR count). The van der Waals surface area contributed by atoms with Crippen molar-refractivity contribution in [3.63, 3.8) is 0 Å². The zero-order valence-corrected chi connectivity index (χ0v) is 11.2. The lowest BCUT2D eigenvalue weighted by molar-refractivity contribution is 0.0696. The smallest absolute Gasteiger partial charge is 0.335 e. The van der Waals surface area contributed by atoms with Crippen LogP contribution in [0.1, 0.15) is 20.8 Å². The molecule has 0 bridgehead atoms. The van der Waals surface area contributed by atoms with Gasteiger partial charge in [0.1, 0.15) is 5.69 Å². The van der Waals surface area contributed by atoms with Gasteiger partial charge >= 0.3 is 5.97 Å². The maximum Gasteiger partial charge on any atom is 0.335 e. The van der Waals surface area contributed by atoms with Gasteiger partial charge in [-0.2, -0.15) is 0 Å². The van der Waals surface area contributed by atoms with Gasteiger partial charge in [0.05, 0.1) is 5.56 Å². The van der Waals surface area contributed by atoms with Gasteiger partial charge in [0.15, 0.2) is 0 Å². The van der Waals surface area contributed by atoms with E-state index in [9.17, 15) is 9.59 Å². The second-order valence-corrected chi connectivity index (χ2v) is 4.61. The summed E-state index contributed by atoms with van der Waals surface area (Å²) in [6.45, 7) is 0. The average molecular weight is 321 g/mol. The minimum Gasteiger partial charge on any atom is -0.478 e. The number of carbonyl (C=O) groups excluding carboxylic acids is 1. The van der Waals surface area contributed by atoms with Gasteiger partial charge in [-0.25, -0.2) is 9.78 Å². The van der Waals surface area contributed by atoms with E-state index in [1.165, 1.54) is 30.5 Å². The van der Waals surface area contributed by atoms with Crippen LogP contribution in [0.3, 0.4) is 0 Å². The van der Waals surface area contributed by atoms with Gasteiger partial charge < -0.3 is 10.4 Å².